The molecule has 0 saturated carbocycles. The van der Waals surface area contributed by atoms with Crippen molar-refractivity contribution in [2.45, 2.75) is 25.2 Å². The summed E-state index contributed by atoms with van der Waals surface area (Å²) in [4.78, 5) is 14.4. The van der Waals surface area contributed by atoms with Crippen LogP contribution in [-0.4, -0.2) is 33.7 Å². The highest BCUT2D eigenvalue weighted by Gasteiger charge is 2.24. The summed E-state index contributed by atoms with van der Waals surface area (Å²) in [5.41, 5.74) is 2.62. The van der Waals surface area contributed by atoms with Crippen LogP contribution >= 0.6 is 0 Å². The molecule has 4 nitrogen and oxygen atoms in total. The highest BCUT2D eigenvalue weighted by Crippen LogP contribution is 2.28. The Morgan fingerprint density at radius 3 is 2.50 bits per heavy atom. The summed E-state index contributed by atoms with van der Waals surface area (Å²) < 4.78 is 28.1. The summed E-state index contributed by atoms with van der Waals surface area (Å²) >= 11 is 0. The molecule has 4 rings (SSSR count). The summed E-state index contributed by atoms with van der Waals surface area (Å²) in [6.07, 6.45) is 5.79. The number of rotatable bonds is 4. The predicted octanol–water partition coefficient (Wildman–Crippen LogP) is 4.10. The van der Waals surface area contributed by atoms with Crippen LogP contribution in [0.4, 0.5) is 8.78 Å². The van der Waals surface area contributed by atoms with Gasteiger partial charge in [0.25, 0.3) is 0 Å². The van der Waals surface area contributed by atoms with E-state index < -0.39 is 0 Å². The average molecular weight is 381 g/mol. The summed E-state index contributed by atoms with van der Waals surface area (Å²) in [5.74, 6) is -0.184. The van der Waals surface area contributed by atoms with Gasteiger partial charge < -0.3 is 4.90 Å². The third kappa shape index (κ3) is 4.11. The number of likely N-dealkylation sites (tertiary alicyclic amines) is 1. The van der Waals surface area contributed by atoms with E-state index >= 15 is 0 Å². The highest BCUT2D eigenvalue weighted by molar-refractivity contribution is 5.78. The number of nitrogens with zero attached hydrogens (tertiary/aromatic N) is 3. The van der Waals surface area contributed by atoms with E-state index in [0.29, 0.717) is 31.1 Å². The zero-order chi connectivity index (χ0) is 19.5. The molecule has 0 bridgehead atoms. The summed E-state index contributed by atoms with van der Waals surface area (Å²) in [7, 11) is 0. The first-order valence-electron chi connectivity index (χ1n) is 9.41. The predicted molar refractivity (Wildman–Crippen MR) is 102 cm³/mol. The molecule has 2 heterocycles. The van der Waals surface area contributed by atoms with Crippen molar-refractivity contribution in [1.29, 1.82) is 0 Å². The van der Waals surface area contributed by atoms with E-state index in [4.69, 9.17) is 0 Å². The molecule has 2 aromatic carbocycles. The molecule has 6 heteroatoms. The van der Waals surface area contributed by atoms with Crippen molar-refractivity contribution in [2.75, 3.05) is 13.1 Å². The SMILES string of the molecule is O=C(Cc1ccc(F)cc1)N1CCC(c2cnn(-c3cccc(F)c3)c2)CC1. The molecule has 0 N–H and O–H groups in total. The van der Waals surface area contributed by atoms with Gasteiger partial charge in [-0.05, 0) is 60.2 Å². The van der Waals surface area contributed by atoms with Gasteiger partial charge in [-0.3, -0.25) is 4.79 Å². The van der Waals surface area contributed by atoms with Gasteiger partial charge >= 0.3 is 0 Å². The first kappa shape index (κ1) is 18.3. The maximum Gasteiger partial charge on any atom is 0.226 e. The molecule has 1 amide bonds. The number of carbonyl (C=O) groups is 1. The zero-order valence-corrected chi connectivity index (χ0v) is 15.4. The third-order valence-electron chi connectivity index (χ3n) is 5.26. The molecule has 0 aliphatic carbocycles. The van der Waals surface area contributed by atoms with Gasteiger partial charge in [0.05, 0.1) is 18.3 Å². The zero-order valence-electron chi connectivity index (χ0n) is 15.4. The van der Waals surface area contributed by atoms with Crippen molar-refractivity contribution in [2.24, 2.45) is 0 Å². The monoisotopic (exact) mass is 381 g/mol. The summed E-state index contributed by atoms with van der Waals surface area (Å²) in [6, 6.07) is 12.4. The number of piperidine rings is 1. The topological polar surface area (TPSA) is 38.1 Å². The largest absolute Gasteiger partial charge is 0.342 e. The lowest BCUT2D eigenvalue weighted by Gasteiger charge is -2.31. The van der Waals surface area contributed by atoms with Gasteiger partial charge in [-0.15, -0.1) is 0 Å². The number of hydrogen-bond acceptors (Lipinski definition) is 2. The van der Waals surface area contributed by atoms with Crippen molar-refractivity contribution in [3.05, 3.63) is 83.7 Å². The van der Waals surface area contributed by atoms with E-state index in [1.54, 1.807) is 22.9 Å². The Hall–Kier alpha value is -3.02. The molecule has 0 unspecified atom stereocenters. The molecule has 144 valence electrons. The molecule has 1 aliphatic heterocycles. The van der Waals surface area contributed by atoms with Crippen LogP contribution in [0.2, 0.25) is 0 Å². The minimum atomic E-state index is -0.296. The smallest absolute Gasteiger partial charge is 0.226 e. The molecular weight excluding hydrogens is 360 g/mol. The standard InChI is InChI=1S/C22H21F2N3O/c23-19-6-4-16(5-7-19)12-22(28)26-10-8-17(9-11-26)18-14-25-27(15-18)21-3-1-2-20(24)13-21/h1-7,13-15,17H,8-12H2. The Morgan fingerprint density at radius 2 is 1.79 bits per heavy atom. The molecule has 0 spiro atoms. The van der Waals surface area contributed by atoms with Crippen LogP contribution in [0.25, 0.3) is 5.69 Å². The van der Waals surface area contributed by atoms with Gasteiger partial charge in [-0.2, -0.15) is 5.10 Å². The highest BCUT2D eigenvalue weighted by atomic mass is 19.1. The number of carbonyl (C=O) groups excluding carboxylic acids is 1. The third-order valence-corrected chi connectivity index (χ3v) is 5.26. The Morgan fingerprint density at radius 1 is 1.04 bits per heavy atom. The van der Waals surface area contributed by atoms with Gasteiger partial charge in [0, 0.05) is 19.3 Å². The molecule has 1 fully saturated rings. The van der Waals surface area contributed by atoms with Gasteiger partial charge in [-0.1, -0.05) is 18.2 Å². The molecular formula is C22H21F2N3O. The number of hydrogen-bond donors (Lipinski definition) is 0. The van der Waals surface area contributed by atoms with Gasteiger partial charge in [-0.25, -0.2) is 13.5 Å². The quantitative estimate of drug-likeness (QED) is 0.682. The van der Waals surface area contributed by atoms with Crippen molar-refractivity contribution < 1.29 is 13.6 Å². The van der Waals surface area contributed by atoms with Crippen LogP contribution < -0.4 is 0 Å². The van der Waals surface area contributed by atoms with Crippen molar-refractivity contribution in [1.82, 2.24) is 14.7 Å². The second-order valence-corrected chi connectivity index (χ2v) is 7.16. The van der Waals surface area contributed by atoms with E-state index in [2.05, 4.69) is 5.10 Å². The number of aromatic nitrogens is 2. The van der Waals surface area contributed by atoms with Crippen molar-refractivity contribution >= 4 is 5.91 Å². The van der Waals surface area contributed by atoms with Crippen LogP contribution in [0.1, 0.15) is 29.9 Å². The number of amides is 1. The lowest BCUT2D eigenvalue weighted by molar-refractivity contribution is -0.131. The molecule has 28 heavy (non-hydrogen) atoms. The van der Waals surface area contributed by atoms with Gasteiger partial charge in [0.1, 0.15) is 11.6 Å². The molecule has 0 radical (unpaired) electrons. The lowest BCUT2D eigenvalue weighted by Crippen LogP contribution is -2.38. The molecule has 1 saturated heterocycles. The normalized spacial score (nSPS) is 15.0. The maximum absolute atomic E-state index is 13.4. The second kappa shape index (κ2) is 7.92. The molecule has 3 aromatic rings. The molecule has 1 aliphatic rings. The molecule has 0 atom stereocenters. The second-order valence-electron chi connectivity index (χ2n) is 7.16. The Balaban J connectivity index is 1.35. The fourth-order valence-electron chi connectivity index (χ4n) is 3.66. The maximum atomic E-state index is 13.4. The number of halogens is 2. The van der Waals surface area contributed by atoms with E-state index in [0.717, 1.165) is 24.0 Å². The van der Waals surface area contributed by atoms with Gasteiger partial charge in [0.2, 0.25) is 5.91 Å². The van der Waals surface area contributed by atoms with E-state index in [1.807, 2.05) is 23.4 Å². The van der Waals surface area contributed by atoms with Crippen molar-refractivity contribution in [3.8, 4) is 5.69 Å². The number of benzene rings is 2. The van der Waals surface area contributed by atoms with E-state index in [1.165, 1.54) is 24.3 Å². The first-order chi connectivity index (χ1) is 13.6. The first-order valence-corrected chi connectivity index (χ1v) is 9.41. The molecule has 1 aromatic heterocycles. The van der Waals surface area contributed by atoms with Crippen LogP contribution in [0.5, 0.6) is 0 Å². The average Bonchev–Trinajstić information content (AvgIpc) is 3.20. The van der Waals surface area contributed by atoms with Gasteiger partial charge in [0.15, 0.2) is 0 Å². The fraction of sp³-hybridized carbons (Fsp3) is 0.273. The van der Waals surface area contributed by atoms with E-state index in [9.17, 15) is 13.6 Å². The Bertz CT molecular complexity index is 960. The minimum absolute atomic E-state index is 0.0699. The van der Waals surface area contributed by atoms with Crippen molar-refractivity contribution in [3.63, 3.8) is 0 Å². The van der Waals surface area contributed by atoms with Crippen LogP contribution in [0.15, 0.2) is 60.9 Å². The summed E-state index contributed by atoms with van der Waals surface area (Å²) in [6.45, 7) is 1.38. The van der Waals surface area contributed by atoms with Crippen LogP contribution in [0.3, 0.4) is 0 Å². The lowest BCUT2D eigenvalue weighted by atomic mass is 9.91. The Labute approximate surface area is 162 Å². The Kier molecular flexibility index (Phi) is 5.19. The summed E-state index contributed by atoms with van der Waals surface area (Å²) in [5, 5.41) is 4.36. The minimum Gasteiger partial charge on any atom is -0.342 e. The van der Waals surface area contributed by atoms with Crippen LogP contribution in [0, 0.1) is 11.6 Å². The fourth-order valence-corrected chi connectivity index (χ4v) is 3.66. The van der Waals surface area contributed by atoms with E-state index in [-0.39, 0.29) is 17.5 Å². The van der Waals surface area contributed by atoms with Crippen LogP contribution in [-0.2, 0) is 11.2 Å².